The topological polar surface area (TPSA) is 124 Å². The molecule has 0 fully saturated rings. The Morgan fingerprint density at radius 1 is 1.06 bits per heavy atom. The smallest absolute Gasteiger partial charge is 0.234 e. The van der Waals surface area contributed by atoms with Gasteiger partial charge in [0.2, 0.25) is 17.8 Å². The third-order valence-corrected chi connectivity index (χ3v) is 5.49. The van der Waals surface area contributed by atoms with E-state index in [4.69, 9.17) is 15.2 Å². The molecular weight excluding hydrogens is 416 g/mol. The number of nitrogens with two attached hydrogens (primary N) is 1. The Morgan fingerprint density at radius 2 is 1.84 bits per heavy atom. The summed E-state index contributed by atoms with van der Waals surface area (Å²) in [6, 6.07) is 14.9. The molecule has 0 aliphatic carbocycles. The number of benzene rings is 2. The minimum atomic E-state index is -0.160. The van der Waals surface area contributed by atoms with Crippen molar-refractivity contribution < 1.29 is 14.3 Å². The first-order chi connectivity index (χ1) is 15.1. The van der Waals surface area contributed by atoms with Crippen LogP contribution in [0.2, 0.25) is 0 Å². The van der Waals surface area contributed by atoms with Crippen LogP contribution >= 0.6 is 11.8 Å². The monoisotopic (exact) mass is 438 g/mol. The Kier molecular flexibility index (Phi) is 6.37. The number of fused-ring (bicyclic) bond motifs is 1. The standard InChI is InChI=1S/C21H22N6O3S/c1-13(19-25-20(22)27-21(26-19)24-14-5-3-2-4-6-14)31-12-18(28)23-15-7-8-16-17(11-15)30-10-9-29-16/h2-8,11,13H,9-10,12H2,1H3,(H,23,28)(H3,22,24,25,26,27)/t13-/m1/s1. The maximum absolute atomic E-state index is 12.4. The Balaban J connectivity index is 1.35. The van der Waals surface area contributed by atoms with Gasteiger partial charge in [-0.3, -0.25) is 4.79 Å². The lowest BCUT2D eigenvalue weighted by Crippen LogP contribution is -2.17. The van der Waals surface area contributed by atoms with Gasteiger partial charge in [0.25, 0.3) is 0 Å². The van der Waals surface area contributed by atoms with Crippen LogP contribution in [0.1, 0.15) is 18.0 Å². The summed E-state index contributed by atoms with van der Waals surface area (Å²) in [6.45, 7) is 2.94. The number of hydrogen-bond acceptors (Lipinski definition) is 9. The number of anilines is 4. The molecule has 1 aliphatic heterocycles. The number of hydrogen-bond donors (Lipinski definition) is 3. The Labute approximate surface area is 183 Å². The Hall–Kier alpha value is -3.53. The average Bonchev–Trinajstić information content (AvgIpc) is 2.77. The second-order valence-corrected chi connectivity index (χ2v) is 8.06. The van der Waals surface area contributed by atoms with Crippen molar-refractivity contribution in [3.63, 3.8) is 0 Å². The van der Waals surface area contributed by atoms with Crippen LogP contribution in [0.15, 0.2) is 48.5 Å². The van der Waals surface area contributed by atoms with Gasteiger partial charge >= 0.3 is 0 Å². The average molecular weight is 439 g/mol. The molecule has 160 valence electrons. The first-order valence-corrected chi connectivity index (χ1v) is 10.8. The fourth-order valence-corrected chi connectivity index (χ4v) is 3.62. The van der Waals surface area contributed by atoms with E-state index in [2.05, 4.69) is 25.6 Å². The number of nitrogens with one attached hydrogen (secondary N) is 2. The van der Waals surface area contributed by atoms with Gasteiger partial charge in [-0.1, -0.05) is 18.2 Å². The third-order valence-electron chi connectivity index (χ3n) is 4.35. The number of carbonyl (C=O) groups excluding carboxylic acids is 1. The second kappa shape index (κ2) is 9.52. The summed E-state index contributed by atoms with van der Waals surface area (Å²) in [5.41, 5.74) is 7.35. The lowest BCUT2D eigenvalue weighted by atomic mass is 10.2. The van der Waals surface area contributed by atoms with Crippen molar-refractivity contribution in [2.75, 3.05) is 35.3 Å². The van der Waals surface area contributed by atoms with Gasteiger partial charge in [0.05, 0.1) is 11.0 Å². The number of amides is 1. The summed E-state index contributed by atoms with van der Waals surface area (Å²) >= 11 is 1.41. The van der Waals surface area contributed by atoms with Crippen molar-refractivity contribution >= 4 is 40.9 Å². The largest absolute Gasteiger partial charge is 0.486 e. The predicted octanol–water partition coefficient (Wildman–Crippen LogP) is 3.40. The van der Waals surface area contributed by atoms with E-state index < -0.39 is 0 Å². The molecule has 0 bridgehead atoms. The fraction of sp³-hybridized carbons (Fsp3) is 0.238. The molecule has 4 rings (SSSR count). The maximum Gasteiger partial charge on any atom is 0.234 e. The number of nitrogens with zero attached hydrogens (tertiary/aromatic N) is 3. The zero-order valence-electron chi connectivity index (χ0n) is 16.9. The van der Waals surface area contributed by atoms with E-state index in [1.54, 1.807) is 18.2 Å². The van der Waals surface area contributed by atoms with Crippen molar-refractivity contribution in [3.05, 3.63) is 54.4 Å². The van der Waals surface area contributed by atoms with E-state index in [-0.39, 0.29) is 22.9 Å². The molecule has 1 aromatic heterocycles. The van der Waals surface area contributed by atoms with Crippen LogP contribution in [0.5, 0.6) is 11.5 Å². The molecule has 2 heterocycles. The number of para-hydroxylation sites is 1. The first-order valence-electron chi connectivity index (χ1n) is 9.71. The lowest BCUT2D eigenvalue weighted by molar-refractivity contribution is -0.113. The van der Waals surface area contributed by atoms with Gasteiger partial charge < -0.3 is 25.8 Å². The third kappa shape index (κ3) is 5.54. The molecule has 3 aromatic rings. The molecule has 0 unspecified atom stereocenters. The van der Waals surface area contributed by atoms with E-state index in [9.17, 15) is 4.79 Å². The molecule has 0 radical (unpaired) electrons. The zero-order valence-corrected chi connectivity index (χ0v) is 17.7. The summed E-state index contributed by atoms with van der Waals surface area (Å²) in [5, 5.41) is 5.82. The number of ether oxygens (including phenoxy) is 2. The molecule has 31 heavy (non-hydrogen) atoms. The molecule has 1 aliphatic rings. The molecule has 0 saturated heterocycles. The van der Waals surface area contributed by atoms with Gasteiger partial charge in [0.1, 0.15) is 19.0 Å². The van der Waals surface area contributed by atoms with Crippen LogP contribution in [0, 0.1) is 0 Å². The fourth-order valence-electron chi connectivity index (χ4n) is 2.89. The van der Waals surface area contributed by atoms with Crippen molar-refractivity contribution in [1.82, 2.24) is 15.0 Å². The van der Waals surface area contributed by atoms with Crippen LogP contribution in [0.4, 0.5) is 23.3 Å². The van der Waals surface area contributed by atoms with Gasteiger partial charge in [-0.2, -0.15) is 15.0 Å². The highest BCUT2D eigenvalue weighted by molar-refractivity contribution is 8.00. The van der Waals surface area contributed by atoms with Crippen molar-refractivity contribution in [1.29, 1.82) is 0 Å². The second-order valence-electron chi connectivity index (χ2n) is 6.73. The number of nitrogen functional groups attached to an aromatic ring is 1. The van der Waals surface area contributed by atoms with E-state index in [0.717, 1.165) is 5.69 Å². The van der Waals surface area contributed by atoms with Crippen LogP contribution < -0.4 is 25.8 Å². The minimum absolute atomic E-state index is 0.122. The maximum atomic E-state index is 12.4. The van der Waals surface area contributed by atoms with Gasteiger partial charge in [0.15, 0.2) is 11.5 Å². The van der Waals surface area contributed by atoms with Crippen LogP contribution in [0.25, 0.3) is 0 Å². The van der Waals surface area contributed by atoms with Crippen molar-refractivity contribution in [2.24, 2.45) is 0 Å². The zero-order chi connectivity index (χ0) is 21.6. The summed E-state index contributed by atoms with van der Waals surface area (Å²) in [7, 11) is 0. The van der Waals surface area contributed by atoms with E-state index >= 15 is 0 Å². The highest BCUT2D eigenvalue weighted by atomic mass is 32.2. The van der Waals surface area contributed by atoms with Gasteiger partial charge in [0, 0.05) is 17.4 Å². The van der Waals surface area contributed by atoms with E-state index in [1.165, 1.54) is 11.8 Å². The van der Waals surface area contributed by atoms with Gasteiger partial charge in [-0.25, -0.2) is 0 Å². The Bertz CT molecular complexity index is 1070. The molecule has 1 amide bonds. The molecule has 10 heteroatoms. The molecule has 1 atom stereocenters. The van der Waals surface area contributed by atoms with Gasteiger partial charge in [-0.05, 0) is 31.2 Å². The quantitative estimate of drug-likeness (QED) is 0.509. The molecule has 9 nitrogen and oxygen atoms in total. The van der Waals surface area contributed by atoms with Crippen LogP contribution in [0.3, 0.4) is 0 Å². The SMILES string of the molecule is C[C@@H](SCC(=O)Nc1ccc2c(c1)OCCO2)c1nc(N)nc(Nc2ccccc2)n1. The van der Waals surface area contributed by atoms with Crippen molar-refractivity contribution in [3.8, 4) is 11.5 Å². The highest BCUT2D eigenvalue weighted by Crippen LogP contribution is 2.33. The number of aromatic nitrogens is 3. The summed E-state index contributed by atoms with van der Waals surface area (Å²) in [6.07, 6.45) is 0. The van der Waals surface area contributed by atoms with Gasteiger partial charge in [-0.15, -0.1) is 11.8 Å². The predicted molar refractivity (Wildman–Crippen MR) is 121 cm³/mol. The van der Waals surface area contributed by atoms with Crippen LogP contribution in [-0.2, 0) is 4.79 Å². The molecule has 0 saturated carbocycles. The summed E-state index contributed by atoms with van der Waals surface area (Å²) < 4.78 is 11.0. The molecular formula is C21H22N6O3S. The molecule has 0 spiro atoms. The number of rotatable bonds is 7. The normalized spacial score (nSPS) is 13.3. The summed E-state index contributed by atoms with van der Waals surface area (Å²) in [4.78, 5) is 25.2. The van der Waals surface area contributed by atoms with E-state index in [0.29, 0.717) is 42.2 Å². The van der Waals surface area contributed by atoms with E-state index in [1.807, 2.05) is 37.3 Å². The first kappa shape index (κ1) is 20.7. The molecule has 4 N–H and O–H groups in total. The minimum Gasteiger partial charge on any atom is -0.486 e. The van der Waals surface area contributed by atoms with Crippen molar-refractivity contribution in [2.45, 2.75) is 12.2 Å². The van der Waals surface area contributed by atoms with Crippen LogP contribution in [-0.4, -0.2) is 39.8 Å². The summed E-state index contributed by atoms with van der Waals surface area (Å²) in [5.74, 6) is 2.38. The number of carbonyl (C=O) groups is 1. The Morgan fingerprint density at radius 3 is 2.65 bits per heavy atom. The highest BCUT2D eigenvalue weighted by Gasteiger charge is 2.16. The number of thioether (sulfide) groups is 1. The molecule has 2 aromatic carbocycles. The lowest BCUT2D eigenvalue weighted by Gasteiger charge is -2.19.